The van der Waals surface area contributed by atoms with Gasteiger partial charge in [0.2, 0.25) is 0 Å². The fraction of sp³-hybridized carbons (Fsp3) is 0.261. The van der Waals surface area contributed by atoms with Crippen molar-refractivity contribution in [2.24, 2.45) is 0 Å². The minimum Gasteiger partial charge on any atom is -0.494 e. The minimum atomic E-state index is -1.02. The van der Waals surface area contributed by atoms with Crippen LogP contribution in [0.3, 0.4) is 0 Å². The number of imide groups is 1. The maximum Gasteiger partial charge on any atom is 0.325 e. The molecule has 7 heteroatoms. The molecule has 2 aromatic carbocycles. The first-order chi connectivity index (χ1) is 14.6. The van der Waals surface area contributed by atoms with Gasteiger partial charge in [0, 0.05) is 10.9 Å². The van der Waals surface area contributed by atoms with Gasteiger partial charge in [0.25, 0.3) is 5.91 Å². The Morgan fingerprint density at radius 1 is 1.07 bits per heavy atom. The van der Waals surface area contributed by atoms with Gasteiger partial charge in [0.05, 0.1) is 18.8 Å². The summed E-state index contributed by atoms with van der Waals surface area (Å²) in [5, 5.41) is 5.64. The molecule has 1 atom stereocenters. The Bertz CT molecular complexity index is 1050. The van der Waals surface area contributed by atoms with Crippen molar-refractivity contribution in [2.45, 2.75) is 32.4 Å². The second-order valence-electron chi connectivity index (χ2n) is 7.05. The predicted molar refractivity (Wildman–Crippen MR) is 116 cm³/mol. The predicted octanol–water partition coefficient (Wildman–Crippen LogP) is 4.57. The van der Waals surface area contributed by atoms with Crippen LogP contribution in [-0.4, -0.2) is 28.4 Å². The van der Waals surface area contributed by atoms with Gasteiger partial charge in [-0.2, -0.15) is 0 Å². The van der Waals surface area contributed by atoms with Gasteiger partial charge in [-0.25, -0.2) is 9.78 Å². The standard InChI is InChI=1S/C23H23N3O3S/c1-3-23(17-8-6-5-7-9-17)21(27)26(22(28)25-23)14-18-15-30-20(24-18)16-10-12-19(13-11-16)29-4-2/h5-13,15H,3-4,14H2,1-2H3,(H,25,28)/t23-/m1/s1. The van der Waals surface area contributed by atoms with Gasteiger partial charge in [-0.1, -0.05) is 37.3 Å². The van der Waals surface area contributed by atoms with Crippen LogP contribution in [0.2, 0.25) is 0 Å². The van der Waals surface area contributed by atoms with Crippen LogP contribution in [0.5, 0.6) is 5.75 Å². The number of carbonyl (C=O) groups excluding carboxylic acids is 2. The van der Waals surface area contributed by atoms with Gasteiger partial charge >= 0.3 is 6.03 Å². The molecule has 3 aromatic rings. The van der Waals surface area contributed by atoms with Gasteiger partial charge in [-0.05, 0) is 43.2 Å². The highest BCUT2D eigenvalue weighted by atomic mass is 32.1. The number of hydrogen-bond donors (Lipinski definition) is 1. The Morgan fingerprint density at radius 3 is 2.47 bits per heavy atom. The number of nitrogens with zero attached hydrogens (tertiary/aromatic N) is 2. The summed E-state index contributed by atoms with van der Waals surface area (Å²) < 4.78 is 5.48. The van der Waals surface area contributed by atoms with Crippen LogP contribution in [0.4, 0.5) is 4.79 Å². The van der Waals surface area contributed by atoms with Crippen LogP contribution >= 0.6 is 11.3 Å². The molecule has 0 unspecified atom stereocenters. The van der Waals surface area contributed by atoms with E-state index in [9.17, 15) is 9.59 Å². The fourth-order valence-corrected chi connectivity index (χ4v) is 4.48. The van der Waals surface area contributed by atoms with Gasteiger partial charge in [-0.15, -0.1) is 11.3 Å². The highest BCUT2D eigenvalue weighted by molar-refractivity contribution is 7.13. The number of carbonyl (C=O) groups is 2. The van der Waals surface area contributed by atoms with Crippen LogP contribution < -0.4 is 10.1 Å². The van der Waals surface area contributed by atoms with Crippen LogP contribution in [0.25, 0.3) is 10.6 Å². The van der Waals surface area contributed by atoms with E-state index in [-0.39, 0.29) is 18.5 Å². The van der Waals surface area contributed by atoms with E-state index in [1.165, 1.54) is 16.2 Å². The topological polar surface area (TPSA) is 71.5 Å². The van der Waals surface area contributed by atoms with E-state index in [4.69, 9.17) is 4.74 Å². The molecule has 30 heavy (non-hydrogen) atoms. The molecule has 0 saturated carbocycles. The number of ether oxygens (including phenoxy) is 1. The Morgan fingerprint density at radius 2 is 1.80 bits per heavy atom. The average molecular weight is 422 g/mol. The molecule has 1 saturated heterocycles. The lowest BCUT2D eigenvalue weighted by atomic mass is 9.87. The van der Waals surface area contributed by atoms with Crippen molar-refractivity contribution in [1.82, 2.24) is 15.2 Å². The van der Waals surface area contributed by atoms with Crippen molar-refractivity contribution in [3.05, 3.63) is 71.2 Å². The average Bonchev–Trinajstić information content (AvgIpc) is 3.34. The highest BCUT2D eigenvalue weighted by Gasteiger charge is 2.51. The molecule has 6 nitrogen and oxygen atoms in total. The molecule has 1 aliphatic heterocycles. The van der Waals surface area contributed by atoms with Gasteiger partial charge in [0.15, 0.2) is 0 Å². The third kappa shape index (κ3) is 3.57. The van der Waals surface area contributed by atoms with Crippen molar-refractivity contribution in [3.8, 4) is 16.3 Å². The molecule has 1 N–H and O–H groups in total. The molecule has 1 fully saturated rings. The smallest absolute Gasteiger partial charge is 0.325 e. The highest BCUT2D eigenvalue weighted by Crippen LogP contribution is 2.33. The molecule has 1 aromatic heterocycles. The van der Waals surface area contributed by atoms with Crippen LogP contribution in [0.1, 0.15) is 31.5 Å². The maximum atomic E-state index is 13.3. The van der Waals surface area contributed by atoms with Crippen molar-refractivity contribution in [3.63, 3.8) is 0 Å². The molecular weight excluding hydrogens is 398 g/mol. The van der Waals surface area contributed by atoms with E-state index in [1.54, 1.807) is 0 Å². The Labute approximate surface area is 179 Å². The summed E-state index contributed by atoms with van der Waals surface area (Å²) in [6.07, 6.45) is 0.479. The first kappa shape index (κ1) is 20.1. The number of rotatable bonds is 7. The molecule has 0 aliphatic carbocycles. The lowest BCUT2D eigenvalue weighted by molar-refractivity contribution is -0.132. The molecule has 0 bridgehead atoms. The summed E-state index contributed by atoms with van der Waals surface area (Å²) >= 11 is 1.49. The van der Waals surface area contributed by atoms with Gasteiger partial charge < -0.3 is 10.1 Å². The summed E-state index contributed by atoms with van der Waals surface area (Å²) in [7, 11) is 0. The molecule has 4 rings (SSSR count). The monoisotopic (exact) mass is 421 g/mol. The van der Waals surface area contributed by atoms with Crippen molar-refractivity contribution in [1.29, 1.82) is 0 Å². The summed E-state index contributed by atoms with van der Waals surface area (Å²) in [5.74, 6) is 0.575. The van der Waals surface area contributed by atoms with Gasteiger partial charge in [-0.3, -0.25) is 9.69 Å². The quantitative estimate of drug-likeness (QED) is 0.568. The molecule has 154 valence electrons. The van der Waals surface area contributed by atoms with E-state index in [1.807, 2.05) is 73.8 Å². The zero-order valence-electron chi connectivity index (χ0n) is 16.9. The number of thiazole rings is 1. The van der Waals surface area contributed by atoms with E-state index >= 15 is 0 Å². The number of amides is 3. The number of nitrogens with one attached hydrogen (secondary N) is 1. The van der Waals surface area contributed by atoms with Crippen LogP contribution in [0, 0.1) is 0 Å². The first-order valence-corrected chi connectivity index (χ1v) is 10.8. The second-order valence-corrected chi connectivity index (χ2v) is 7.91. The molecule has 3 amide bonds. The summed E-state index contributed by atoms with van der Waals surface area (Å²) in [5.41, 5.74) is 1.43. The number of aromatic nitrogens is 1. The molecule has 1 aliphatic rings. The van der Waals surface area contributed by atoms with Crippen LogP contribution in [-0.2, 0) is 16.9 Å². The zero-order valence-corrected chi connectivity index (χ0v) is 17.7. The van der Waals surface area contributed by atoms with Crippen LogP contribution in [0.15, 0.2) is 60.0 Å². The minimum absolute atomic E-state index is 0.146. The van der Waals surface area contributed by atoms with Crippen molar-refractivity contribution in [2.75, 3.05) is 6.61 Å². The summed E-state index contributed by atoms with van der Waals surface area (Å²) in [6.45, 7) is 4.62. The lowest BCUT2D eigenvalue weighted by Gasteiger charge is -2.25. The van der Waals surface area contributed by atoms with E-state index in [2.05, 4.69) is 10.3 Å². The third-order valence-corrected chi connectivity index (χ3v) is 6.20. The largest absolute Gasteiger partial charge is 0.494 e. The number of urea groups is 1. The maximum absolute atomic E-state index is 13.3. The summed E-state index contributed by atoms with van der Waals surface area (Å²) in [4.78, 5) is 31.8. The molecular formula is C23H23N3O3S. The van der Waals surface area contributed by atoms with Crippen molar-refractivity contribution >= 4 is 23.3 Å². The Kier molecular flexibility index (Phi) is 5.55. The normalized spacial score (nSPS) is 18.5. The number of benzene rings is 2. The summed E-state index contributed by atoms with van der Waals surface area (Å²) in [6, 6.07) is 16.7. The lowest BCUT2D eigenvalue weighted by Crippen LogP contribution is -2.43. The number of hydrogen-bond acceptors (Lipinski definition) is 5. The van der Waals surface area contributed by atoms with Crippen molar-refractivity contribution < 1.29 is 14.3 Å². The van der Waals surface area contributed by atoms with Gasteiger partial charge in [0.1, 0.15) is 16.3 Å². The SMILES string of the molecule is CCOc1ccc(-c2nc(CN3C(=O)N[C@](CC)(c4ccccc4)C3=O)cs2)cc1. The first-order valence-electron chi connectivity index (χ1n) is 9.94. The van der Waals surface area contributed by atoms with E-state index in [0.29, 0.717) is 18.7 Å². The van der Waals surface area contributed by atoms with E-state index in [0.717, 1.165) is 21.9 Å². The zero-order chi connectivity index (χ0) is 21.1. The third-order valence-electron chi connectivity index (χ3n) is 5.26. The molecule has 2 heterocycles. The molecule has 0 spiro atoms. The Hall–Kier alpha value is -3.19. The molecule has 0 radical (unpaired) electrons. The van der Waals surface area contributed by atoms with E-state index < -0.39 is 5.54 Å². The fourth-order valence-electron chi connectivity index (χ4n) is 3.67. The second kappa shape index (κ2) is 8.28. The Balaban J connectivity index is 1.54.